The van der Waals surface area contributed by atoms with E-state index < -0.39 is 0 Å². The normalized spacial score (nSPS) is 12.5. The molecule has 4 nitrogen and oxygen atoms in total. The molecule has 246 valence electrons. The van der Waals surface area contributed by atoms with Crippen LogP contribution in [0.15, 0.2) is 168 Å². The number of aromatic nitrogens is 3. The summed E-state index contributed by atoms with van der Waals surface area (Å²) < 4.78 is 9.08. The van der Waals surface area contributed by atoms with Crippen LogP contribution in [0.5, 0.6) is 0 Å². The highest BCUT2D eigenvalue weighted by Gasteiger charge is 2.28. The van der Waals surface area contributed by atoms with E-state index in [4.69, 9.17) is 14.4 Å². The summed E-state index contributed by atoms with van der Waals surface area (Å²) in [6.45, 7) is 0. The molecule has 0 saturated heterocycles. The van der Waals surface area contributed by atoms with E-state index in [2.05, 4.69) is 156 Å². The summed E-state index contributed by atoms with van der Waals surface area (Å²) in [5, 5.41) is 9.44. The minimum atomic E-state index is 0.676. The van der Waals surface area contributed by atoms with Gasteiger partial charge in [-0.05, 0) is 69.6 Å². The molecule has 0 spiro atoms. The average Bonchev–Trinajstić information content (AvgIpc) is 3.75. The smallest absolute Gasteiger partial charge is 0.160 e. The van der Waals surface area contributed by atoms with Gasteiger partial charge in [0.25, 0.3) is 0 Å². The van der Waals surface area contributed by atoms with Gasteiger partial charge in [0.2, 0.25) is 0 Å². The van der Waals surface area contributed by atoms with Crippen LogP contribution in [0.25, 0.3) is 105 Å². The molecule has 3 aromatic heterocycles. The first-order valence-corrected chi connectivity index (χ1v) is 18.1. The summed E-state index contributed by atoms with van der Waals surface area (Å²) in [6.07, 6.45) is 0.676. The van der Waals surface area contributed by atoms with Gasteiger partial charge in [0.05, 0.1) is 33.5 Å². The van der Waals surface area contributed by atoms with Gasteiger partial charge in [0, 0.05) is 44.8 Å². The number of furan rings is 1. The van der Waals surface area contributed by atoms with Crippen LogP contribution < -0.4 is 0 Å². The molecule has 0 fully saturated rings. The fourth-order valence-corrected chi connectivity index (χ4v) is 8.69. The second-order valence-electron chi connectivity index (χ2n) is 14.2. The Kier molecular flexibility index (Phi) is 5.80. The summed E-state index contributed by atoms with van der Waals surface area (Å²) in [6, 6.07) is 58.7. The second kappa shape index (κ2) is 10.7. The highest BCUT2D eigenvalue weighted by molar-refractivity contribution is 6.18. The predicted octanol–water partition coefficient (Wildman–Crippen LogP) is 12.7. The Bertz CT molecular complexity index is 3320. The van der Waals surface area contributed by atoms with Gasteiger partial charge in [-0.2, -0.15) is 0 Å². The van der Waals surface area contributed by atoms with Gasteiger partial charge in [0.15, 0.2) is 5.82 Å². The lowest BCUT2D eigenvalue weighted by atomic mass is 9.92. The maximum atomic E-state index is 6.60. The number of fused-ring (bicyclic) bond motifs is 14. The molecular formula is C49H29N3O. The highest BCUT2D eigenvalue weighted by Crippen LogP contribution is 2.47. The molecule has 2 bridgehead atoms. The number of nitrogens with zero attached hydrogens (tertiary/aromatic N) is 3. The van der Waals surface area contributed by atoms with Crippen molar-refractivity contribution in [1.82, 2.24) is 14.5 Å². The summed E-state index contributed by atoms with van der Waals surface area (Å²) in [5.74, 6) is 0.704. The third kappa shape index (κ3) is 4.18. The van der Waals surface area contributed by atoms with E-state index in [9.17, 15) is 0 Å². The zero-order valence-electron chi connectivity index (χ0n) is 28.5. The summed E-state index contributed by atoms with van der Waals surface area (Å²) in [7, 11) is 0. The van der Waals surface area contributed by atoms with Crippen molar-refractivity contribution in [2.45, 2.75) is 6.42 Å². The van der Waals surface area contributed by atoms with Crippen LogP contribution in [0.4, 0.5) is 0 Å². The Morgan fingerprint density at radius 3 is 2.06 bits per heavy atom. The minimum Gasteiger partial charge on any atom is -0.456 e. The van der Waals surface area contributed by atoms with Crippen LogP contribution in [0.3, 0.4) is 0 Å². The Morgan fingerprint density at radius 2 is 1.19 bits per heavy atom. The maximum Gasteiger partial charge on any atom is 0.160 e. The number of hydrogen-bond donors (Lipinski definition) is 0. The monoisotopic (exact) mass is 675 g/mol. The molecule has 1 aliphatic rings. The average molecular weight is 676 g/mol. The van der Waals surface area contributed by atoms with E-state index in [0.717, 1.165) is 66.8 Å². The van der Waals surface area contributed by atoms with Crippen LogP contribution >= 0.6 is 0 Å². The largest absolute Gasteiger partial charge is 0.456 e. The van der Waals surface area contributed by atoms with Crippen LogP contribution in [-0.4, -0.2) is 14.5 Å². The molecule has 0 unspecified atom stereocenters. The topological polar surface area (TPSA) is 43.9 Å². The van der Waals surface area contributed by atoms with Crippen molar-refractivity contribution in [1.29, 1.82) is 0 Å². The van der Waals surface area contributed by atoms with Gasteiger partial charge in [-0.3, -0.25) is 0 Å². The van der Waals surface area contributed by atoms with E-state index in [1.807, 2.05) is 12.1 Å². The highest BCUT2D eigenvalue weighted by atomic mass is 16.3. The van der Waals surface area contributed by atoms with Crippen molar-refractivity contribution >= 4 is 65.3 Å². The van der Waals surface area contributed by atoms with Crippen LogP contribution in [0.2, 0.25) is 0 Å². The maximum absolute atomic E-state index is 6.60. The van der Waals surface area contributed by atoms with Crippen LogP contribution in [-0.2, 0) is 6.42 Å². The molecule has 4 heterocycles. The van der Waals surface area contributed by atoms with Gasteiger partial charge in [0.1, 0.15) is 11.2 Å². The van der Waals surface area contributed by atoms with E-state index in [-0.39, 0.29) is 0 Å². The van der Waals surface area contributed by atoms with Crippen LogP contribution in [0, 0.1) is 0 Å². The number of hydrogen-bond acceptors (Lipinski definition) is 3. The molecular weight excluding hydrogens is 647 g/mol. The Hall–Kier alpha value is -7.04. The van der Waals surface area contributed by atoms with Gasteiger partial charge in [-0.15, -0.1) is 0 Å². The molecule has 0 N–H and O–H groups in total. The molecule has 12 rings (SSSR count). The first kappa shape index (κ1) is 28.6. The zero-order chi connectivity index (χ0) is 34.6. The molecule has 0 saturated carbocycles. The molecule has 0 atom stereocenters. The quantitative estimate of drug-likeness (QED) is 0.183. The van der Waals surface area contributed by atoms with Crippen molar-refractivity contribution < 1.29 is 4.42 Å². The van der Waals surface area contributed by atoms with Crippen molar-refractivity contribution in [3.05, 3.63) is 175 Å². The predicted molar refractivity (Wildman–Crippen MR) is 218 cm³/mol. The van der Waals surface area contributed by atoms with Gasteiger partial charge < -0.3 is 8.98 Å². The lowest BCUT2D eigenvalue weighted by molar-refractivity contribution is 0.669. The fourth-order valence-electron chi connectivity index (χ4n) is 8.69. The first-order valence-electron chi connectivity index (χ1n) is 18.1. The summed E-state index contributed by atoms with van der Waals surface area (Å²) in [4.78, 5) is 11.0. The number of para-hydroxylation sites is 1. The van der Waals surface area contributed by atoms with Gasteiger partial charge >= 0.3 is 0 Å². The third-order valence-electron chi connectivity index (χ3n) is 11.1. The molecule has 0 aliphatic carbocycles. The lowest BCUT2D eigenvalue weighted by Gasteiger charge is -2.19. The minimum absolute atomic E-state index is 0.676. The Morgan fingerprint density at radius 1 is 0.472 bits per heavy atom. The zero-order valence-corrected chi connectivity index (χ0v) is 28.5. The van der Waals surface area contributed by atoms with Gasteiger partial charge in [-0.25, -0.2) is 9.97 Å². The number of rotatable bonds is 2. The van der Waals surface area contributed by atoms with E-state index >= 15 is 0 Å². The van der Waals surface area contributed by atoms with Crippen molar-refractivity contribution in [3.8, 4) is 39.6 Å². The van der Waals surface area contributed by atoms with Crippen molar-refractivity contribution in [2.24, 2.45) is 0 Å². The summed E-state index contributed by atoms with van der Waals surface area (Å²) >= 11 is 0. The molecule has 11 aromatic rings. The third-order valence-corrected chi connectivity index (χ3v) is 11.1. The molecule has 4 heteroatoms. The number of benzene rings is 8. The van der Waals surface area contributed by atoms with Crippen molar-refractivity contribution in [3.63, 3.8) is 0 Å². The standard InChI is InChI=1S/C49H29N3O/c1-2-11-31(12-3-1)49-50-46(35-20-19-30-10-4-5-13-32(30)26-35)40-24-29-18-21-36-39-27-33-14-6-7-15-34(33)28-42(39)52(41(36)25-29)48-38(47(40)51-49)22-23-44-45(48)37-16-8-9-17-43(37)53-44/h1-23,25-28H,24H2. The van der Waals surface area contributed by atoms with Crippen molar-refractivity contribution in [2.75, 3.05) is 0 Å². The fraction of sp³-hybridized carbons (Fsp3) is 0.0204. The Balaban J connectivity index is 1.29. The molecule has 8 aromatic carbocycles. The van der Waals surface area contributed by atoms with E-state index in [0.29, 0.717) is 12.2 Å². The van der Waals surface area contributed by atoms with E-state index in [1.54, 1.807) is 0 Å². The summed E-state index contributed by atoms with van der Waals surface area (Å²) in [5.41, 5.74) is 12.4. The lowest BCUT2D eigenvalue weighted by Crippen LogP contribution is -2.06. The molecule has 1 aliphatic heterocycles. The van der Waals surface area contributed by atoms with E-state index in [1.165, 1.54) is 43.4 Å². The SMILES string of the molecule is c1ccc(-c2nc(-c3ccc4ccccc4c3)c3c(n2)-c2ccc4oc5ccccc5c4c2-n2c4cc(ccc4c4cc5ccccc5cc42)C3)cc1. The first-order chi connectivity index (χ1) is 26.2. The molecule has 0 radical (unpaired) electrons. The van der Waals surface area contributed by atoms with Gasteiger partial charge in [-0.1, -0.05) is 121 Å². The Labute approximate surface area is 304 Å². The second-order valence-corrected chi connectivity index (χ2v) is 14.2. The molecule has 0 amide bonds. The molecule has 53 heavy (non-hydrogen) atoms. The van der Waals surface area contributed by atoms with Crippen LogP contribution in [0.1, 0.15) is 11.1 Å².